The van der Waals surface area contributed by atoms with Crippen molar-refractivity contribution in [3.63, 3.8) is 0 Å². The standard InChI is InChI=1S/C35H41NO/c1-6-11-25(2)32-24-31(33-14-10-21-37-33)22-27(4)35(36-5)34(32)26(3)15-16-28-17-19-30(20-18-28)23-29-12-8-7-9-13-29/h7-10,12-14,17-21,24,27,31H,2,6,11,15-16,22-23H2,1,3-5H3/b34-26-,36-35?. The van der Waals surface area contributed by atoms with Gasteiger partial charge in [0, 0.05) is 24.3 Å². The molecular formula is C35H41NO. The molecule has 2 nitrogen and oxygen atoms in total. The van der Waals surface area contributed by atoms with Crippen molar-refractivity contribution in [2.75, 3.05) is 7.05 Å². The Kier molecular flexibility index (Phi) is 9.17. The number of aliphatic imine (C=N–C) groups is 1. The first-order valence-corrected chi connectivity index (χ1v) is 13.7. The highest BCUT2D eigenvalue weighted by Crippen LogP contribution is 2.39. The Morgan fingerprint density at radius 2 is 1.65 bits per heavy atom. The van der Waals surface area contributed by atoms with Crippen molar-refractivity contribution in [1.82, 2.24) is 0 Å². The van der Waals surface area contributed by atoms with E-state index in [0.717, 1.165) is 44.3 Å². The Hall–Kier alpha value is -3.39. The molecule has 192 valence electrons. The van der Waals surface area contributed by atoms with Gasteiger partial charge in [0.15, 0.2) is 0 Å². The second-order valence-corrected chi connectivity index (χ2v) is 10.4. The average Bonchev–Trinajstić information content (AvgIpc) is 3.40. The third-order valence-electron chi connectivity index (χ3n) is 7.54. The summed E-state index contributed by atoms with van der Waals surface area (Å²) >= 11 is 0. The van der Waals surface area contributed by atoms with E-state index in [4.69, 9.17) is 9.41 Å². The summed E-state index contributed by atoms with van der Waals surface area (Å²) in [6.07, 6.45) is 10.2. The Labute approximate surface area is 223 Å². The van der Waals surface area contributed by atoms with E-state index in [9.17, 15) is 0 Å². The van der Waals surface area contributed by atoms with Gasteiger partial charge in [-0.1, -0.05) is 93.1 Å². The van der Waals surface area contributed by atoms with Crippen molar-refractivity contribution < 1.29 is 4.42 Å². The van der Waals surface area contributed by atoms with Gasteiger partial charge in [0.05, 0.1) is 6.26 Å². The molecule has 0 bridgehead atoms. The average molecular weight is 492 g/mol. The minimum atomic E-state index is 0.229. The fourth-order valence-electron chi connectivity index (χ4n) is 5.55. The molecule has 0 aliphatic heterocycles. The molecule has 1 aromatic heterocycles. The van der Waals surface area contributed by atoms with E-state index in [2.05, 4.69) is 94.1 Å². The Balaban J connectivity index is 1.60. The maximum Gasteiger partial charge on any atom is 0.110 e. The van der Waals surface area contributed by atoms with Crippen LogP contribution in [-0.4, -0.2) is 12.8 Å². The number of nitrogens with zero attached hydrogens (tertiary/aromatic N) is 1. The molecule has 2 heteroatoms. The topological polar surface area (TPSA) is 25.5 Å². The summed E-state index contributed by atoms with van der Waals surface area (Å²) in [5.41, 5.74) is 10.5. The second-order valence-electron chi connectivity index (χ2n) is 10.4. The largest absolute Gasteiger partial charge is 0.469 e. The highest BCUT2D eigenvalue weighted by Gasteiger charge is 2.29. The van der Waals surface area contributed by atoms with Gasteiger partial charge in [-0.2, -0.15) is 0 Å². The van der Waals surface area contributed by atoms with Crippen molar-refractivity contribution in [2.45, 2.75) is 65.2 Å². The van der Waals surface area contributed by atoms with Gasteiger partial charge in [0.2, 0.25) is 0 Å². The van der Waals surface area contributed by atoms with Gasteiger partial charge in [-0.3, -0.25) is 4.99 Å². The van der Waals surface area contributed by atoms with Crippen LogP contribution in [0.2, 0.25) is 0 Å². The number of rotatable bonds is 9. The lowest BCUT2D eigenvalue weighted by molar-refractivity contribution is 0.465. The number of aryl methyl sites for hydroxylation is 1. The molecule has 2 atom stereocenters. The molecule has 3 aromatic rings. The summed E-state index contributed by atoms with van der Waals surface area (Å²) in [5.74, 6) is 1.59. The number of hydrogen-bond acceptors (Lipinski definition) is 2. The van der Waals surface area contributed by atoms with E-state index < -0.39 is 0 Å². The smallest absolute Gasteiger partial charge is 0.110 e. The second kappa shape index (κ2) is 12.7. The maximum absolute atomic E-state index is 5.85. The lowest BCUT2D eigenvalue weighted by Crippen LogP contribution is -2.17. The van der Waals surface area contributed by atoms with Crippen LogP contribution in [0.25, 0.3) is 0 Å². The summed E-state index contributed by atoms with van der Waals surface area (Å²) in [6.45, 7) is 11.3. The zero-order chi connectivity index (χ0) is 26.2. The molecule has 0 N–H and O–H groups in total. The number of allylic oxidation sites excluding steroid dienone is 5. The van der Waals surface area contributed by atoms with Crippen LogP contribution < -0.4 is 0 Å². The molecule has 1 heterocycles. The lowest BCUT2D eigenvalue weighted by atomic mass is 9.85. The molecule has 2 aromatic carbocycles. The Morgan fingerprint density at radius 1 is 0.946 bits per heavy atom. The summed E-state index contributed by atoms with van der Waals surface area (Å²) < 4.78 is 5.85. The SMILES string of the molecule is C=C(CCC)C1=CC(c2ccco2)CC(C)C(=NC)/C1=C(/C)CCc1ccc(Cc2ccccc2)cc1. The number of furan rings is 1. The maximum atomic E-state index is 5.85. The van der Waals surface area contributed by atoms with Gasteiger partial charge in [-0.25, -0.2) is 0 Å². The monoisotopic (exact) mass is 491 g/mol. The third kappa shape index (κ3) is 6.68. The molecule has 1 aliphatic carbocycles. The summed E-state index contributed by atoms with van der Waals surface area (Å²) in [4.78, 5) is 4.85. The van der Waals surface area contributed by atoms with Crippen LogP contribution in [0.4, 0.5) is 0 Å². The molecule has 0 radical (unpaired) electrons. The summed E-state index contributed by atoms with van der Waals surface area (Å²) in [5, 5.41) is 0. The molecule has 2 unspecified atom stereocenters. The van der Waals surface area contributed by atoms with E-state index in [-0.39, 0.29) is 5.92 Å². The summed E-state index contributed by atoms with van der Waals surface area (Å²) in [7, 11) is 1.94. The quantitative estimate of drug-likeness (QED) is 0.293. The molecule has 1 aliphatic rings. The van der Waals surface area contributed by atoms with Crippen LogP contribution >= 0.6 is 0 Å². The Bertz CT molecular complexity index is 1260. The fourth-order valence-corrected chi connectivity index (χ4v) is 5.55. The van der Waals surface area contributed by atoms with Gasteiger partial charge < -0.3 is 4.42 Å². The molecule has 37 heavy (non-hydrogen) atoms. The predicted octanol–water partition coefficient (Wildman–Crippen LogP) is 9.30. The van der Waals surface area contributed by atoms with Crippen LogP contribution in [0, 0.1) is 5.92 Å². The highest BCUT2D eigenvalue weighted by atomic mass is 16.3. The fraction of sp³-hybridized carbons (Fsp3) is 0.343. The van der Waals surface area contributed by atoms with Gasteiger partial charge in [-0.05, 0) is 84.9 Å². The van der Waals surface area contributed by atoms with Crippen molar-refractivity contribution in [3.05, 3.63) is 130 Å². The van der Waals surface area contributed by atoms with Gasteiger partial charge in [0.1, 0.15) is 5.76 Å². The van der Waals surface area contributed by atoms with E-state index in [1.807, 2.05) is 13.1 Å². The van der Waals surface area contributed by atoms with Crippen molar-refractivity contribution in [1.29, 1.82) is 0 Å². The van der Waals surface area contributed by atoms with Crippen molar-refractivity contribution in [2.24, 2.45) is 10.9 Å². The zero-order valence-corrected chi connectivity index (χ0v) is 23.0. The van der Waals surface area contributed by atoms with E-state index in [1.165, 1.54) is 44.7 Å². The minimum absolute atomic E-state index is 0.229. The molecule has 0 saturated heterocycles. The predicted molar refractivity (Wildman–Crippen MR) is 157 cm³/mol. The molecule has 0 amide bonds. The molecule has 0 fully saturated rings. The first-order valence-electron chi connectivity index (χ1n) is 13.7. The first kappa shape index (κ1) is 26.7. The minimum Gasteiger partial charge on any atom is -0.469 e. The van der Waals surface area contributed by atoms with E-state index in [1.54, 1.807) is 6.26 Å². The van der Waals surface area contributed by atoms with Crippen LogP contribution in [0.3, 0.4) is 0 Å². The van der Waals surface area contributed by atoms with Crippen molar-refractivity contribution in [3.8, 4) is 0 Å². The van der Waals surface area contributed by atoms with Crippen LogP contribution in [0.1, 0.15) is 74.8 Å². The number of hydrogen-bond donors (Lipinski definition) is 0. The summed E-state index contributed by atoms with van der Waals surface area (Å²) in [6, 6.07) is 23.9. The number of benzene rings is 2. The molecule has 0 saturated carbocycles. The van der Waals surface area contributed by atoms with E-state index in [0.29, 0.717) is 5.92 Å². The first-order chi connectivity index (χ1) is 18.0. The molecule has 0 spiro atoms. The van der Waals surface area contributed by atoms with Crippen LogP contribution in [0.5, 0.6) is 0 Å². The third-order valence-corrected chi connectivity index (χ3v) is 7.54. The molecule has 4 rings (SSSR count). The zero-order valence-electron chi connectivity index (χ0n) is 23.0. The van der Waals surface area contributed by atoms with Crippen LogP contribution in [-0.2, 0) is 12.8 Å². The lowest BCUT2D eigenvalue weighted by Gasteiger charge is -2.21. The van der Waals surface area contributed by atoms with Gasteiger partial charge in [0.25, 0.3) is 0 Å². The highest BCUT2D eigenvalue weighted by molar-refractivity contribution is 6.07. The van der Waals surface area contributed by atoms with E-state index >= 15 is 0 Å². The van der Waals surface area contributed by atoms with Crippen LogP contribution in [0.15, 0.2) is 117 Å². The normalized spacial score (nSPS) is 20.4. The van der Waals surface area contributed by atoms with Gasteiger partial charge in [-0.15, -0.1) is 0 Å². The molecular weight excluding hydrogens is 450 g/mol. The van der Waals surface area contributed by atoms with Gasteiger partial charge >= 0.3 is 0 Å². The Morgan fingerprint density at radius 3 is 2.30 bits per heavy atom. The van der Waals surface area contributed by atoms with Crippen molar-refractivity contribution >= 4 is 5.71 Å².